The summed E-state index contributed by atoms with van der Waals surface area (Å²) in [6.07, 6.45) is 0. The highest BCUT2D eigenvalue weighted by molar-refractivity contribution is 14.0. The van der Waals surface area contributed by atoms with Crippen LogP contribution in [0, 0.1) is 0 Å². The van der Waals surface area contributed by atoms with E-state index in [0.29, 0.717) is 19.2 Å². The smallest absolute Gasteiger partial charge is 0.191 e. The van der Waals surface area contributed by atoms with Crippen molar-refractivity contribution in [2.45, 2.75) is 19.9 Å². The molecule has 20 heavy (non-hydrogen) atoms. The molecular formula is C14H24IN3O2. The lowest BCUT2D eigenvalue weighted by atomic mass is 10.3. The number of hydrogen-bond donors (Lipinski definition) is 2. The van der Waals surface area contributed by atoms with Crippen molar-refractivity contribution in [2.75, 3.05) is 27.3 Å². The molecule has 0 heterocycles. The number of aliphatic imine (C=N–C) groups is 1. The second kappa shape index (κ2) is 10.6. The Hall–Kier alpha value is -1.18. The van der Waals surface area contributed by atoms with Gasteiger partial charge >= 0.3 is 0 Å². The van der Waals surface area contributed by atoms with Gasteiger partial charge in [-0.3, -0.25) is 4.99 Å². The quantitative estimate of drug-likeness (QED) is 0.337. The monoisotopic (exact) mass is 393 g/mol. The van der Waals surface area contributed by atoms with Crippen LogP contribution in [-0.4, -0.2) is 39.3 Å². The Morgan fingerprint density at radius 1 is 1.20 bits per heavy atom. The van der Waals surface area contributed by atoms with E-state index in [9.17, 15) is 0 Å². The highest BCUT2D eigenvalue weighted by Crippen LogP contribution is 2.16. The first kappa shape index (κ1) is 18.8. The second-order valence-electron chi connectivity index (χ2n) is 4.32. The molecule has 5 nitrogen and oxygen atoms in total. The van der Waals surface area contributed by atoms with E-state index in [0.717, 1.165) is 17.5 Å². The lowest BCUT2D eigenvalue weighted by Gasteiger charge is -2.14. The normalized spacial score (nSPS) is 10.8. The zero-order valence-corrected chi connectivity index (χ0v) is 14.8. The van der Waals surface area contributed by atoms with Gasteiger partial charge in [-0.1, -0.05) is 0 Å². The summed E-state index contributed by atoms with van der Waals surface area (Å²) in [5.41, 5.74) is 0. The minimum Gasteiger partial charge on any atom is -0.497 e. The molecule has 1 rings (SSSR count). The van der Waals surface area contributed by atoms with Crippen LogP contribution in [0.3, 0.4) is 0 Å². The van der Waals surface area contributed by atoms with Gasteiger partial charge in [-0.2, -0.15) is 0 Å². The van der Waals surface area contributed by atoms with Crippen molar-refractivity contribution in [1.82, 2.24) is 10.6 Å². The van der Waals surface area contributed by atoms with Crippen molar-refractivity contribution in [3.63, 3.8) is 0 Å². The number of guanidine groups is 1. The highest BCUT2D eigenvalue weighted by Gasteiger charge is 1.99. The van der Waals surface area contributed by atoms with Gasteiger partial charge in [-0.15, -0.1) is 24.0 Å². The maximum atomic E-state index is 5.60. The number of nitrogens with zero attached hydrogens (tertiary/aromatic N) is 1. The standard InChI is InChI=1S/C14H23N3O2.HI/c1-11(2)17-14(15-3)16-9-10-19-13-7-5-12(18-4)6-8-13;/h5-8,11H,9-10H2,1-4H3,(H2,15,16,17);1H. The molecule has 6 heteroatoms. The first-order chi connectivity index (χ1) is 9.15. The zero-order valence-electron chi connectivity index (χ0n) is 12.5. The Bertz CT molecular complexity index is 394. The first-order valence-corrected chi connectivity index (χ1v) is 6.39. The number of nitrogens with one attached hydrogen (secondary N) is 2. The number of rotatable bonds is 6. The third-order valence-electron chi connectivity index (χ3n) is 2.37. The van der Waals surface area contributed by atoms with Gasteiger partial charge in [-0.25, -0.2) is 0 Å². The molecule has 0 saturated heterocycles. The predicted molar refractivity (Wildman–Crippen MR) is 93.5 cm³/mol. The molecule has 0 radical (unpaired) electrons. The van der Waals surface area contributed by atoms with Crippen LogP contribution in [0.5, 0.6) is 11.5 Å². The van der Waals surface area contributed by atoms with E-state index in [-0.39, 0.29) is 24.0 Å². The Morgan fingerprint density at radius 3 is 2.30 bits per heavy atom. The molecule has 0 atom stereocenters. The number of ether oxygens (including phenoxy) is 2. The lowest BCUT2D eigenvalue weighted by Crippen LogP contribution is -2.42. The SMILES string of the molecule is CN=C(NCCOc1ccc(OC)cc1)NC(C)C.I. The third-order valence-corrected chi connectivity index (χ3v) is 2.37. The molecule has 0 unspecified atom stereocenters. The number of methoxy groups -OCH3 is 1. The third kappa shape index (κ3) is 7.42. The highest BCUT2D eigenvalue weighted by atomic mass is 127. The summed E-state index contributed by atoms with van der Waals surface area (Å²) in [4.78, 5) is 4.12. The van der Waals surface area contributed by atoms with Gasteiger partial charge < -0.3 is 20.1 Å². The molecule has 0 aromatic heterocycles. The fourth-order valence-corrected chi connectivity index (χ4v) is 1.48. The molecule has 0 aliphatic rings. The summed E-state index contributed by atoms with van der Waals surface area (Å²) in [5.74, 6) is 2.44. The minimum atomic E-state index is 0. The fraction of sp³-hybridized carbons (Fsp3) is 0.500. The molecule has 114 valence electrons. The molecule has 2 N–H and O–H groups in total. The molecule has 0 aliphatic carbocycles. The van der Waals surface area contributed by atoms with E-state index in [2.05, 4.69) is 29.5 Å². The van der Waals surface area contributed by atoms with Gasteiger partial charge in [0.15, 0.2) is 5.96 Å². The van der Waals surface area contributed by atoms with Crippen LogP contribution >= 0.6 is 24.0 Å². The van der Waals surface area contributed by atoms with Crippen molar-refractivity contribution < 1.29 is 9.47 Å². The van der Waals surface area contributed by atoms with Gasteiger partial charge in [0.1, 0.15) is 18.1 Å². The minimum absolute atomic E-state index is 0. The molecule has 1 aromatic rings. The van der Waals surface area contributed by atoms with E-state index < -0.39 is 0 Å². The number of halogens is 1. The Kier molecular flexibility index (Phi) is 9.96. The summed E-state index contributed by atoms with van der Waals surface area (Å²) in [7, 11) is 3.40. The Labute approximate surface area is 138 Å². The van der Waals surface area contributed by atoms with Gasteiger partial charge in [0.05, 0.1) is 13.7 Å². The van der Waals surface area contributed by atoms with Crippen LogP contribution in [0.4, 0.5) is 0 Å². The molecule has 0 spiro atoms. The Morgan fingerprint density at radius 2 is 1.80 bits per heavy atom. The zero-order chi connectivity index (χ0) is 14.1. The van der Waals surface area contributed by atoms with Crippen LogP contribution in [0.15, 0.2) is 29.3 Å². The van der Waals surface area contributed by atoms with Crippen LogP contribution in [0.25, 0.3) is 0 Å². The van der Waals surface area contributed by atoms with Gasteiger partial charge in [-0.05, 0) is 38.1 Å². The molecule has 0 bridgehead atoms. The summed E-state index contributed by atoms with van der Waals surface area (Å²) in [5, 5.41) is 6.39. The van der Waals surface area contributed by atoms with Crippen molar-refractivity contribution in [1.29, 1.82) is 0 Å². The molecule has 1 aromatic carbocycles. The van der Waals surface area contributed by atoms with Crippen LogP contribution < -0.4 is 20.1 Å². The maximum Gasteiger partial charge on any atom is 0.191 e. The summed E-state index contributed by atoms with van der Waals surface area (Å²) in [6, 6.07) is 7.89. The first-order valence-electron chi connectivity index (χ1n) is 6.39. The lowest BCUT2D eigenvalue weighted by molar-refractivity contribution is 0.321. The topological polar surface area (TPSA) is 54.9 Å². The van der Waals surface area contributed by atoms with Crippen molar-refractivity contribution in [2.24, 2.45) is 4.99 Å². The number of hydrogen-bond acceptors (Lipinski definition) is 3. The summed E-state index contributed by atoms with van der Waals surface area (Å²) in [6.45, 7) is 5.41. The second-order valence-corrected chi connectivity index (χ2v) is 4.32. The molecular weight excluding hydrogens is 369 g/mol. The van der Waals surface area contributed by atoms with E-state index in [1.165, 1.54) is 0 Å². The summed E-state index contributed by atoms with van der Waals surface area (Å²) >= 11 is 0. The van der Waals surface area contributed by atoms with E-state index in [1.54, 1.807) is 14.2 Å². The predicted octanol–water partition coefficient (Wildman–Crippen LogP) is 2.27. The average molecular weight is 393 g/mol. The van der Waals surface area contributed by atoms with Gasteiger partial charge in [0.2, 0.25) is 0 Å². The van der Waals surface area contributed by atoms with Crippen molar-refractivity contribution >= 4 is 29.9 Å². The maximum absolute atomic E-state index is 5.60. The van der Waals surface area contributed by atoms with Crippen molar-refractivity contribution in [3.8, 4) is 11.5 Å². The van der Waals surface area contributed by atoms with E-state index >= 15 is 0 Å². The van der Waals surface area contributed by atoms with Crippen molar-refractivity contribution in [3.05, 3.63) is 24.3 Å². The number of benzene rings is 1. The van der Waals surface area contributed by atoms with Crippen LogP contribution in [0.1, 0.15) is 13.8 Å². The largest absolute Gasteiger partial charge is 0.497 e. The van der Waals surface area contributed by atoms with E-state index in [1.807, 2.05) is 24.3 Å². The van der Waals surface area contributed by atoms with Gasteiger partial charge in [0, 0.05) is 13.1 Å². The van der Waals surface area contributed by atoms with Gasteiger partial charge in [0.25, 0.3) is 0 Å². The summed E-state index contributed by atoms with van der Waals surface area (Å²) < 4.78 is 10.7. The average Bonchev–Trinajstić information content (AvgIpc) is 2.42. The molecule has 0 amide bonds. The molecule has 0 saturated carbocycles. The van der Waals surface area contributed by atoms with E-state index in [4.69, 9.17) is 9.47 Å². The Balaban J connectivity index is 0.00000361. The molecule has 0 aliphatic heterocycles. The van der Waals surface area contributed by atoms with Crippen LogP contribution in [-0.2, 0) is 0 Å². The fourth-order valence-electron chi connectivity index (χ4n) is 1.48. The van der Waals surface area contributed by atoms with Crippen LogP contribution in [0.2, 0.25) is 0 Å². The molecule has 0 fully saturated rings.